The van der Waals surface area contributed by atoms with Gasteiger partial charge in [-0.05, 0) is 37.3 Å². The normalized spacial score (nSPS) is 10.2. The van der Waals surface area contributed by atoms with Crippen molar-refractivity contribution >= 4 is 5.91 Å². The highest BCUT2D eigenvalue weighted by Crippen LogP contribution is 2.11. The van der Waals surface area contributed by atoms with Crippen LogP contribution in [0.15, 0.2) is 42.5 Å². The fraction of sp³-hybridized carbons (Fsp3) is 0.188. The molecule has 1 amide bonds. The van der Waals surface area contributed by atoms with Crippen LogP contribution in [0.1, 0.15) is 15.9 Å². The topological polar surface area (TPSA) is 38.3 Å². The Hall–Kier alpha value is -2.43. The van der Waals surface area contributed by atoms with Crippen molar-refractivity contribution in [2.24, 2.45) is 0 Å². The summed E-state index contributed by atoms with van der Waals surface area (Å²) in [5, 5.41) is 2.48. The Morgan fingerprint density at radius 2 is 1.86 bits per heavy atom. The van der Waals surface area contributed by atoms with Gasteiger partial charge in [0.05, 0.1) is 12.1 Å². The van der Waals surface area contributed by atoms with E-state index in [-0.39, 0.29) is 18.7 Å². The van der Waals surface area contributed by atoms with E-state index in [1.54, 1.807) is 0 Å². The number of ether oxygens (including phenoxy) is 1. The number of hydrogen-bond donors (Lipinski definition) is 1. The molecule has 0 bridgehead atoms. The van der Waals surface area contributed by atoms with Crippen LogP contribution in [0.2, 0.25) is 0 Å². The third-order valence-corrected chi connectivity index (χ3v) is 2.85. The van der Waals surface area contributed by atoms with Gasteiger partial charge in [-0.25, -0.2) is 8.78 Å². The van der Waals surface area contributed by atoms with Gasteiger partial charge in [0.15, 0.2) is 0 Å². The molecule has 0 atom stereocenters. The van der Waals surface area contributed by atoms with Gasteiger partial charge in [0, 0.05) is 0 Å². The number of rotatable bonds is 5. The van der Waals surface area contributed by atoms with E-state index < -0.39 is 17.5 Å². The van der Waals surface area contributed by atoms with Gasteiger partial charge in [0.25, 0.3) is 5.91 Å². The first kappa shape index (κ1) is 15.0. The van der Waals surface area contributed by atoms with Crippen LogP contribution in [0.4, 0.5) is 8.78 Å². The number of amides is 1. The molecule has 0 aliphatic rings. The molecule has 0 saturated heterocycles. The smallest absolute Gasteiger partial charge is 0.254 e. The van der Waals surface area contributed by atoms with Gasteiger partial charge in [-0.3, -0.25) is 4.79 Å². The molecule has 5 heteroatoms. The second-order valence-corrected chi connectivity index (χ2v) is 4.54. The van der Waals surface area contributed by atoms with Crippen LogP contribution in [0.25, 0.3) is 0 Å². The lowest BCUT2D eigenvalue weighted by molar-refractivity contribution is 0.0942. The summed E-state index contributed by atoms with van der Waals surface area (Å²) in [7, 11) is 0. The molecule has 1 N–H and O–H groups in total. The number of halogens is 2. The summed E-state index contributed by atoms with van der Waals surface area (Å²) in [6.07, 6.45) is 0. The highest BCUT2D eigenvalue weighted by molar-refractivity contribution is 5.94. The van der Waals surface area contributed by atoms with Crippen molar-refractivity contribution in [3.63, 3.8) is 0 Å². The second kappa shape index (κ2) is 6.83. The first-order valence-electron chi connectivity index (χ1n) is 6.49. The molecule has 0 unspecified atom stereocenters. The summed E-state index contributed by atoms with van der Waals surface area (Å²) < 4.78 is 31.8. The van der Waals surface area contributed by atoms with Crippen molar-refractivity contribution in [3.05, 3.63) is 65.2 Å². The molecule has 21 heavy (non-hydrogen) atoms. The summed E-state index contributed by atoms with van der Waals surface area (Å²) in [6.45, 7) is 2.41. The molecule has 0 spiro atoms. The Balaban J connectivity index is 1.81. The minimum Gasteiger partial charge on any atom is -0.492 e. The Morgan fingerprint density at radius 1 is 1.14 bits per heavy atom. The zero-order chi connectivity index (χ0) is 15.2. The van der Waals surface area contributed by atoms with Gasteiger partial charge in [0.1, 0.15) is 24.0 Å². The lowest BCUT2D eigenvalue weighted by Crippen LogP contribution is -2.28. The van der Waals surface area contributed by atoms with Gasteiger partial charge in [-0.1, -0.05) is 17.7 Å². The van der Waals surface area contributed by atoms with Crippen LogP contribution in [-0.2, 0) is 0 Å². The molecular formula is C16H15F2NO2. The highest BCUT2D eigenvalue weighted by atomic mass is 19.1. The molecule has 110 valence electrons. The Kier molecular flexibility index (Phi) is 4.87. The van der Waals surface area contributed by atoms with E-state index in [4.69, 9.17) is 4.74 Å². The average Bonchev–Trinajstić information content (AvgIpc) is 2.47. The molecule has 0 radical (unpaired) electrons. The maximum Gasteiger partial charge on any atom is 0.254 e. The summed E-state index contributed by atoms with van der Waals surface area (Å²) in [5.74, 6) is -1.39. The highest BCUT2D eigenvalue weighted by Gasteiger charge is 2.12. The molecule has 0 aromatic heterocycles. The van der Waals surface area contributed by atoms with E-state index in [0.717, 1.165) is 23.8 Å². The van der Waals surface area contributed by atoms with Crippen molar-refractivity contribution in [1.82, 2.24) is 5.32 Å². The molecule has 0 heterocycles. The summed E-state index contributed by atoms with van der Waals surface area (Å²) in [6, 6.07) is 10.2. The summed E-state index contributed by atoms with van der Waals surface area (Å²) in [5.41, 5.74) is 0.808. The fourth-order valence-electron chi connectivity index (χ4n) is 1.73. The number of carbonyl (C=O) groups excluding carboxylic acids is 1. The van der Waals surface area contributed by atoms with E-state index in [9.17, 15) is 13.6 Å². The van der Waals surface area contributed by atoms with Gasteiger partial charge in [0.2, 0.25) is 0 Å². The average molecular weight is 291 g/mol. The predicted octanol–water partition coefficient (Wildman–Crippen LogP) is 3.08. The van der Waals surface area contributed by atoms with Gasteiger partial charge in [-0.15, -0.1) is 0 Å². The standard InChI is InChI=1S/C16H15F2NO2/c1-11-2-5-13(6-3-11)21-9-8-19-16(20)14-10-12(17)4-7-15(14)18/h2-7,10H,8-9H2,1H3,(H,19,20). The first-order chi connectivity index (χ1) is 10.1. The van der Waals surface area contributed by atoms with Crippen LogP contribution < -0.4 is 10.1 Å². The van der Waals surface area contributed by atoms with Gasteiger partial charge >= 0.3 is 0 Å². The lowest BCUT2D eigenvalue weighted by atomic mass is 10.2. The van der Waals surface area contributed by atoms with Crippen LogP contribution in [0, 0.1) is 18.6 Å². The zero-order valence-electron chi connectivity index (χ0n) is 11.5. The van der Waals surface area contributed by atoms with Crippen molar-refractivity contribution in [1.29, 1.82) is 0 Å². The van der Waals surface area contributed by atoms with E-state index in [1.807, 2.05) is 31.2 Å². The fourth-order valence-corrected chi connectivity index (χ4v) is 1.73. The van der Waals surface area contributed by atoms with E-state index in [2.05, 4.69) is 5.32 Å². The third kappa shape index (κ3) is 4.27. The zero-order valence-corrected chi connectivity index (χ0v) is 11.5. The Labute approximate surface area is 121 Å². The SMILES string of the molecule is Cc1ccc(OCCNC(=O)c2cc(F)ccc2F)cc1. The number of benzene rings is 2. The number of aryl methyl sites for hydroxylation is 1. The third-order valence-electron chi connectivity index (χ3n) is 2.85. The lowest BCUT2D eigenvalue weighted by Gasteiger charge is -2.08. The van der Waals surface area contributed by atoms with E-state index >= 15 is 0 Å². The number of hydrogen-bond acceptors (Lipinski definition) is 2. The van der Waals surface area contributed by atoms with Crippen molar-refractivity contribution < 1.29 is 18.3 Å². The van der Waals surface area contributed by atoms with Gasteiger partial charge in [-0.2, -0.15) is 0 Å². The monoisotopic (exact) mass is 291 g/mol. The van der Waals surface area contributed by atoms with Crippen LogP contribution in [-0.4, -0.2) is 19.1 Å². The molecule has 0 aliphatic carbocycles. The van der Waals surface area contributed by atoms with Crippen LogP contribution in [0.3, 0.4) is 0 Å². The maximum atomic E-state index is 13.4. The molecule has 3 nitrogen and oxygen atoms in total. The van der Waals surface area contributed by atoms with E-state index in [1.165, 1.54) is 0 Å². The predicted molar refractivity (Wildman–Crippen MR) is 75.4 cm³/mol. The van der Waals surface area contributed by atoms with E-state index in [0.29, 0.717) is 5.75 Å². The minimum absolute atomic E-state index is 0.197. The van der Waals surface area contributed by atoms with Crippen molar-refractivity contribution in [3.8, 4) is 5.75 Å². The van der Waals surface area contributed by atoms with Crippen LogP contribution in [0.5, 0.6) is 5.75 Å². The molecule has 0 fully saturated rings. The molecule has 2 aromatic carbocycles. The number of nitrogens with one attached hydrogen (secondary N) is 1. The molecular weight excluding hydrogens is 276 g/mol. The number of carbonyl (C=O) groups is 1. The molecule has 0 aliphatic heterocycles. The largest absolute Gasteiger partial charge is 0.492 e. The van der Waals surface area contributed by atoms with Crippen molar-refractivity contribution in [2.75, 3.05) is 13.2 Å². The molecule has 2 rings (SSSR count). The minimum atomic E-state index is -0.756. The second-order valence-electron chi connectivity index (χ2n) is 4.54. The maximum absolute atomic E-state index is 13.4. The Bertz CT molecular complexity index is 627. The van der Waals surface area contributed by atoms with Gasteiger partial charge < -0.3 is 10.1 Å². The van der Waals surface area contributed by atoms with Crippen LogP contribution >= 0.6 is 0 Å². The first-order valence-corrected chi connectivity index (χ1v) is 6.49. The summed E-state index contributed by atoms with van der Waals surface area (Å²) >= 11 is 0. The van der Waals surface area contributed by atoms with Crippen molar-refractivity contribution in [2.45, 2.75) is 6.92 Å². The molecule has 2 aromatic rings. The summed E-state index contributed by atoms with van der Waals surface area (Å²) in [4.78, 5) is 11.7. The Morgan fingerprint density at radius 3 is 2.57 bits per heavy atom. The molecule has 0 saturated carbocycles. The quantitative estimate of drug-likeness (QED) is 0.860.